The molecule has 3 unspecified atom stereocenters. The first kappa shape index (κ1) is 15.9. The molecule has 0 saturated carbocycles. The topological polar surface area (TPSA) is 73.6 Å². The Kier molecular flexibility index (Phi) is 6.07. The molecule has 0 aromatic carbocycles. The zero-order valence-electron chi connectivity index (χ0n) is 10.4. The molecule has 3 atom stereocenters. The Morgan fingerprint density at radius 2 is 2.44 bits per heavy atom. The van der Waals surface area contributed by atoms with Crippen molar-refractivity contribution in [3.8, 4) is 0 Å². The first-order chi connectivity index (χ1) is 8.11. The monoisotopic (exact) mass is 328 g/mol. The van der Waals surface area contributed by atoms with Crippen molar-refractivity contribution in [2.45, 2.75) is 31.8 Å². The van der Waals surface area contributed by atoms with Gasteiger partial charge in [-0.2, -0.15) is 0 Å². The Hall–Kier alpha value is -0.136. The third-order valence-electron chi connectivity index (χ3n) is 2.73. The second-order valence-electron chi connectivity index (χ2n) is 4.11. The van der Waals surface area contributed by atoms with Crippen LogP contribution >= 0.6 is 0 Å². The van der Waals surface area contributed by atoms with Crippen LogP contribution in [0.25, 0.3) is 0 Å². The molecule has 1 saturated heterocycles. The fourth-order valence-electron chi connectivity index (χ4n) is 1.89. The first-order valence-electron chi connectivity index (χ1n) is 5.41. The van der Waals surface area contributed by atoms with Crippen molar-refractivity contribution >= 4 is 0 Å². The Morgan fingerprint density at radius 1 is 1.72 bits per heavy atom. The van der Waals surface area contributed by atoms with Crippen LogP contribution in [0.15, 0.2) is 11.0 Å². The van der Waals surface area contributed by atoms with Crippen molar-refractivity contribution in [3.63, 3.8) is 0 Å². The SMILES string of the molecule is COCC1OC(n2cc(C)[c-]nc2=O)CC1O.[Y]. The van der Waals surface area contributed by atoms with E-state index in [1.54, 1.807) is 20.2 Å². The predicted molar refractivity (Wildman–Crippen MR) is 58.5 cm³/mol. The average Bonchev–Trinajstić information content (AvgIpc) is 2.64. The number of ether oxygens (including phenoxy) is 2. The van der Waals surface area contributed by atoms with Gasteiger partial charge in [0, 0.05) is 46.2 Å². The summed E-state index contributed by atoms with van der Waals surface area (Å²) >= 11 is 0. The van der Waals surface area contributed by atoms with Gasteiger partial charge in [0.1, 0.15) is 12.3 Å². The van der Waals surface area contributed by atoms with E-state index in [1.165, 1.54) is 4.57 Å². The third-order valence-corrected chi connectivity index (χ3v) is 2.73. The van der Waals surface area contributed by atoms with Crippen LogP contribution in [0.3, 0.4) is 0 Å². The van der Waals surface area contributed by atoms with E-state index in [1.807, 2.05) is 0 Å². The molecule has 0 amide bonds. The Bertz CT molecular complexity index is 451. The zero-order valence-corrected chi connectivity index (χ0v) is 13.2. The van der Waals surface area contributed by atoms with Crippen LogP contribution < -0.4 is 5.69 Å². The van der Waals surface area contributed by atoms with Gasteiger partial charge < -0.3 is 28.9 Å². The molecule has 1 radical (unpaired) electrons. The van der Waals surface area contributed by atoms with Crippen molar-refractivity contribution in [2.75, 3.05) is 13.7 Å². The molecular formula is C11H15N2O4Y-. The van der Waals surface area contributed by atoms with Gasteiger partial charge in [-0.15, -0.1) is 5.56 Å². The standard InChI is InChI=1S/C11H15N2O4.Y/c1-7-4-12-11(15)13(5-7)10-3-8(14)9(17-10)6-16-2;/h5,8-10,14H,3,6H2,1-2H3;/q-1;. The van der Waals surface area contributed by atoms with Crippen LogP contribution in [0.2, 0.25) is 0 Å². The van der Waals surface area contributed by atoms with E-state index in [0.29, 0.717) is 13.0 Å². The second kappa shape index (κ2) is 6.86. The molecule has 1 aromatic heterocycles. The van der Waals surface area contributed by atoms with Crippen molar-refractivity contribution in [2.24, 2.45) is 0 Å². The summed E-state index contributed by atoms with van der Waals surface area (Å²) in [5.41, 5.74) is 0.323. The van der Waals surface area contributed by atoms with Gasteiger partial charge >= 0.3 is 0 Å². The summed E-state index contributed by atoms with van der Waals surface area (Å²) in [6.07, 6.45) is 3.05. The smallest absolute Gasteiger partial charge is 0.231 e. The zero-order chi connectivity index (χ0) is 12.4. The van der Waals surface area contributed by atoms with Crippen LogP contribution in [0.1, 0.15) is 18.2 Å². The summed E-state index contributed by atoms with van der Waals surface area (Å²) in [6.45, 7) is 2.10. The number of hydrogen-bond donors (Lipinski definition) is 1. The molecule has 6 nitrogen and oxygen atoms in total. The Balaban J connectivity index is 0.00000162. The van der Waals surface area contributed by atoms with Crippen LogP contribution in [-0.4, -0.2) is 40.6 Å². The first-order valence-corrected chi connectivity index (χ1v) is 5.41. The molecule has 1 aliphatic heterocycles. The van der Waals surface area contributed by atoms with E-state index in [2.05, 4.69) is 11.2 Å². The van der Waals surface area contributed by atoms with Crippen molar-refractivity contribution in [1.82, 2.24) is 9.55 Å². The molecule has 7 heteroatoms. The number of aliphatic hydroxyl groups is 1. The van der Waals surface area contributed by atoms with E-state index in [-0.39, 0.29) is 32.7 Å². The molecular weight excluding hydrogens is 313 g/mol. The number of nitrogens with zero attached hydrogens (tertiary/aromatic N) is 2. The number of aryl methyl sites for hydroxylation is 1. The van der Waals surface area contributed by atoms with Gasteiger partial charge in [-0.25, -0.2) is 0 Å². The number of hydrogen-bond acceptors (Lipinski definition) is 5. The largest absolute Gasteiger partial charge is 0.390 e. The third kappa shape index (κ3) is 3.45. The van der Waals surface area contributed by atoms with Crippen molar-refractivity contribution < 1.29 is 47.3 Å². The molecule has 0 aliphatic carbocycles. The van der Waals surface area contributed by atoms with Crippen molar-refractivity contribution in [3.05, 3.63) is 28.4 Å². The fraction of sp³-hybridized carbons (Fsp3) is 0.636. The van der Waals surface area contributed by atoms with E-state index in [9.17, 15) is 9.90 Å². The Morgan fingerprint density at radius 3 is 3.11 bits per heavy atom. The summed E-state index contributed by atoms with van der Waals surface area (Å²) in [4.78, 5) is 15.2. The number of rotatable bonds is 3. The molecule has 1 aliphatic rings. The molecule has 1 aromatic rings. The molecule has 0 bridgehead atoms. The normalized spacial score (nSPS) is 26.9. The quantitative estimate of drug-likeness (QED) is 0.768. The number of aromatic nitrogens is 2. The maximum Gasteiger partial charge on any atom is 0.231 e. The van der Waals surface area contributed by atoms with Gasteiger partial charge in [0.05, 0.1) is 12.7 Å². The van der Waals surface area contributed by atoms with Gasteiger partial charge in [0.15, 0.2) is 0 Å². The number of methoxy groups -OCH3 is 1. The van der Waals surface area contributed by atoms with Gasteiger partial charge in [0.2, 0.25) is 5.69 Å². The predicted octanol–water partition coefficient (Wildman–Crippen LogP) is -0.356. The fourth-order valence-corrected chi connectivity index (χ4v) is 1.89. The minimum atomic E-state index is -0.628. The van der Waals surface area contributed by atoms with E-state index in [4.69, 9.17) is 9.47 Å². The van der Waals surface area contributed by atoms with Crippen LogP contribution in [0.5, 0.6) is 0 Å². The second-order valence-corrected chi connectivity index (χ2v) is 4.11. The van der Waals surface area contributed by atoms with Crippen LogP contribution in [-0.2, 0) is 42.2 Å². The minimum absolute atomic E-state index is 0. The van der Waals surface area contributed by atoms with Gasteiger partial charge in [-0.3, -0.25) is 0 Å². The molecule has 1 fully saturated rings. The molecule has 97 valence electrons. The maximum absolute atomic E-state index is 11.6. The Labute approximate surface area is 130 Å². The molecule has 2 heterocycles. The van der Waals surface area contributed by atoms with Crippen molar-refractivity contribution in [1.29, 1.82) is 0 Å². The summed E-state index contributed by atoms with van der Waals surface area (Å²) in [6, 6.07) is 0. The summed E-state index contributed by atoms with van der Waals surface area (Å²) in [7, 11) is 1.54. The summed E-state index contributed by atoms with van der Waals surface area (Å²) in [5.74, 6) is 0. The van der Waals surface area contributed by atoms with Crippen LogP contribution in [0, 0.1) is 13.1 Å². The van der Waals surface area contributed by atoms with Gasteiger partial charge in [-0.1, -0.05) is 19.3 Å². The molecule has 1 N–H and O–H groups in total. The van der Waals surface area contributed by atoms with Crippen LogP contribution in [0.4, 0.5) is 0 Å². The van der Waals surface area contributed by atoms with E-state index >= 15 is 0 Å². The molecule has 18 heavy (non-hydrogen) atoms. The molecule has 0 spiro atoms. The summed E-state index contributed by atoms with van der Waals surface area (Å²) < 4.78 is 11.9. The van der Waals surface area contributed by atoms with Gasteiger partial charge in [0.25, 0.3) is 0 Å². The minimum Gasteiger partial charge on any atom is -0.390 e. The van der Waals surface area contributed by atoms with E-state index in [0.717, 1.165) is 5.56 Å². The number of aliphatic hydroxyl groups excluding tert-OH is 1. The molecule has 2 rings (SSSR count). The average molecular weight is 328 g/mol. The maximum atomic E-state index is 11.6. The van der Waals surface area contributed by atoms with Gasteiger partial charge in [-0.05, 0) is 0 Å². The van der Waals surface area contributed by atoms with E-state index < -0.39 is 24.1 Å². The summed E-state index contributed by atoms with van der Waals surface area (Å²) in [5, 5.41) is 9.76.